The van der Waals surface area contributed by atoms with Crippen molar-refractivity contribution in [2.45, 2.75) is 52.6 Å². The van der Waals surface area contributed by atoms with Crippen LogP contribution >= 0.6 is 0 Å². The molecule has 190 valence electrons. The van der Waals surface area contributed by atoms with Crippen LogP contribution < -0.4 is 10.6 Å². The molecule has 2 atom stereocenters. The molecule has 35 heavy (non-hydrogen) atoms. The first-order valence-corrected chi connectivity index (χ1v) is 11.3. The molecule has 0 aliphatic heterocycles. The zero-order chi connectivity index (χ0) is 26.4. The highest BCUT2D eigenvalue weighted by molar-refractivity contribution is 5.97. The lowest BCUT2D eigenvalue weighted by atomic mass is 10.0. The van der Waals surface area contributed by atoms with Gasteiger partial charge in [0.2, 0.25) is 0 Å². The number of hydrogen-bond acceptors (Lipinski definition) is 7. The summed E-state index contributed by atoms with van der Waals surface area (Å²) in [5, 5.41) is 14.1. The lowest BCUT2D eigenvalue weighted by Crippen LogP contribution is -2.42. The Kier molecular flexibility index (Phi) is 12.6. The van der Waals surface area contributed by atoms with Gasteiger partial charge in [-0.1, -0.05) is 27.7 Å². The number of carboxylic acids is 1. The number of hydrogen-bond donors (Lipinski definition) is 3. The van der Waals surface area contributed by atoms with Crippen molar-refractivity contribution >= 4 is 23.8 Å². The smallest absolute Gasteiger partial charge is 0.328 e. The molecule has 0 aliphatic carbocycles. The van der Waals surface area contributed by atoms with Crippen molar-refractivity contribution in [2.24, 2.45) is 11.8 Å². The summed E-state index contributed by atoms with van der Waals surface area (Å²) in [5.41, 5.74) is 0.790. The van der Waals surface area contributed by atoms with Gasteiger partial charge >= 0.3 is 11.9 Å². The second-order valence-electron chi connectivity index (χ2n) is 8.66. The molecule has 0 aromatic carbocycles. The third kappa shape index (κ3) is 11.2. The number of aliphatic carboxylic acids is 1. The van der Waals surface area contributed by atoms with E-state index in [-0.39, 0.29) is 17.7 Å². The predicted octanol–water partition coefficient (Wildman–Crippen LogP) is 2.71. The van der Waals surface area contributed by atoms with Crippen LogP contribution in [0.3, 0.4) is 0 Å². The molecule has 2 unspecified atom stereocenters. The average Bonchev–Trinajstić information content (AvgIpc) is 2.83. The number of pyridine rings is 2. The van der Waals surface area contributed by atoms with Gasteiger partial charge in [-0.3, -0.25) is 19.6 Å². The van der Waals surface area contributed by atoms with Crippen molar-refractivity contribution in [1.29, 1.82) is 0 Å². The van der Waals surface area contributed by atoms with E-state index in [9.17, 15) is 19.2 Å². The molecule has 0 fully saturated rings. The molecule has 10 nitrogen and oxygen atoms in total. The van der Waals surface area contributed by atoms with Crippen LogP contribution in [0.4, 0.5) is 0 Å². The molecular formula is C25H34N4O6. The van der Waals surface area contributed by atoms with E-state index in [1.165, 1.54) is 19.5 Å². The van der Waals surface area contributed by atoms with Gasteiger partial charge in [-0.2, -0.15) is 0 Å². The largest absolute Gasteiger partial charge is 0.480 e. The van der Waals surface area contributed by atoms with E-state index in [2.05, 4.69) is 25.3 Å². The molecule has 0 bridgehead atoms. The van der Waals surface area contributed by atoms with Crippen LogP contribution in [0.15, 0.2) is 49.1 Å². The Hall–Kier alpha value is -3.82. The molecule has 2 amide bonds. The Morgan fingerprint density at radius 1 is 0.829 bits per heavy atom. The van der Waals surface area contributed by atoms with Gasteiger partial charge in [0.05, 0.1) is 18.2 Å². The predicted molar refractivity (Wildman–Crippen MR) is 130 cm³/mol. The summed E-state index contributed by atoms with van der Waals surface area (Å²) in [5.74, 6) is -1.70. The second kappa shape index (κ2) is 15.2. The summed E-state index contributed by atoms with van der Waals surface area (Å²) in [6.07, 6.45) is 6.95. The zero-order valence-electron chi connectivity index (χ0n) is 20.7. The summed E-state index contributed by atoms with van der Waals surface area (Å²) < 4.78 is 4.68. The van der Waals surface area contributed by atoms with Crippen molar-refractivity contribution in [2.75, 3.05) is 7.11 Å². The van der Waals surface area contributed by atoms with Gasteiger partial charge in [-0.15, -0.1) is 0 Å². The number of methoxy groups -OCH3 is 1. The van der Waals surface area contributed by atoms with E-state index in [0.717, 1.165) is 0 Å². The minimum absolute atomic E-state index is 0.199. The van der Waals surface area contributed by atoms with Gasteiger partial charge in [0.25, 0.3) is 11.8 Å². The quantitative estimate of drug-likeness (QED) is 0.434. The van der Waals surface area contributed by atoms with Crippen molar-refractivity contribution in [3.8, 4) is 0 Å². The number of esters is 1. The molecule has 3 N–H and O–H groups in total. The lowest BCUT2D eigenvalue weighted by Gasteiger charge is -2.18. The van der Waals surface area contributed by atoms with Crippen LogP contribution in [0.5, 0.6) is 0 Å². The third-order valence-electron chi connectivity index (χ3n) is 4.66. The highest BCUT2D eigenvalue weighted by Crippen LogP contribution is 2.08. The van der Waals surface area contributed by atoms with Gasteiger partial charge in [0, 0.05) is 24.8 Å². The van der Waals surface area contributed by atoms with Crippen LogP contribution in [0.25, 0.3) is 0 Å². The monoisotopic (exact) mass is 486 g/mol. The summed E-state index contributed by atoms with van der Waals surface area (Å²) in [6.45, 7) is 7.77. The van der Waals surface area contributed by atoms with E-state index in [4.69, 9.17) is 5.11 Å². The van der Waals surface area contributed by atoms with E-state index < -0.39 is 29.9 Å². The van der Waals surface area contributed by atoms with Gasteiger partial charge in [-0.25, -0.2) is 9.59 Å². The van der Waals surface area contributed by atoms with E-state index >= 15 is 0 Å². The number of carboxylic acid groups (broad SMARTS) is 1. The van der Waals surface area contributed by atoms with Crippen LogP contribution in [0.1, 0.15) is 61.3 Å². The third-order valence-corrected chi connectivity index (χ3v) is 4.66. The number of aromatic nitrogens is 2. The summed E-state index contributed by atoms with van der Waals surface area (Å²) in [7, 11) is 1.31. The normalized spacial score (nSPS) is 12.1. The SMILES string of the molecule is CC(C)CC(NC(=O)c1cccnc1)C(=O)O.COC(=O)C(CC(C)C)NC(=O)c1cccnc1. The fourth-order valence-corrected chi connectivity index (χ4v) is 3.00. The maximum Gasteiger partial charge on any atom is 0.328 e. The lowest BCUT2D eigenvalue weighted by molar-refractivity contribution is -0.143. The van der Waals surface area contributed by atoms with Crippen molar-refractivity contribution in [3.05, 3.63) is 60.2 Å². The summed E-state index contributed by atoms with van der Waals surface area (Å²) in [6, 6.07) is 5.06. The maximum atomic E-state index is 11.9. The number of carbonyl (C=O) groups excluding carboxylic acids is 3. The number of rotatable bonds is 10. The minimum atomic E-state index is -1.02. The Balaban J connectivity index is 0.000000351. The standard InChI is InChI=1S/C13H18N2O3.C12H16N2O3/c1-9(2)7-11(13(17)18-3)15-12(16)10-5-4-6-14-8-10;1-8(2)6-10(12(16)17)14-11(15)9-4-3-5-13-7-9/h4-6,8-9,11H,7H2,1-3H3,(H,15,16);3-5,7-8,10H,6H2,1-2H3,(H,14,15)(H,16,17). The van der Waals surface area contributed by atoms with Crippen molar-refractivity contribution < 1.29 is 29.0 Å². The van der Waals surface area contributed by atoms with E-state index in [0.29, 0.717) is 24.0 Å². The van der Waals surface area contributed by atoms with Gasteiger partial charge < -0.3 is 20.5 Å². The molecule has 2 aromatic rings. The maximum absolute atomic E-state index is 11.9. The van der Waals surface area contributed by atoms with Crippen LogP contribution in [0.2, 0.25) is 0 Å². The minimum Gasteiger partial charge on any atom is -0.480 e. The molecule has 2 rings (SSSR count). The first-order chi connectivity index (χ1) is 16.5. The van der Waals surface area contributed by atoms with Crippen LogP contribution in [-0.2, 0) is 14.3 Å². The Bertz CT molecular complexity index is 951. The summed E-state index contributed by atoms with van der Waals surface area (Å²) in [4.78, 5) is 53.8. The molecule has 0 spiro atoms. The number of nitrogens with zero attached hydrogens (tertiary/aromatic N) is 2. The van der Waals surface area contributed by atoms with Gasteiger partial charge in [0.15, 0.2) is 0 Å². The average molecular weight is 487 g/mol. The van der Waals surface area contributed by atoms with E-state index in [1.54, 1.807) is 36.7 Å². The first kappa shape index (κ1) is 29.2. The molecule has 10 heteroatoms. The fourth-order valence-electron chi connectivity index (χ4n) is 3.00. The molecule has 0 saturated heterocycles. The van der Waals surface area contributed by atoms with Crippen molar-refractivity contribution in [3.63, 3.8) is 0 Å². The number of nitrogens with one attached hydrogen (secondary N) is 2. The topological polar surface area (TPSA) is 148 Å². The highest BCUT2D eigenvalue weighted by atomic mass is 16.5. The Labute approximate surface area is 205 Å². The highest BCUT2D eigenvalue weighted by Gasteiger charge is 2.23. The fraction of sp³-hybridized carbons (Fsp3) is 0.440. The van der Waals surface area contributed by atoms with Crippen molar-refractivity contribution in [1.82, 2.24) is 20.6 Å². The number of carbonyl (C=O) groups is 4. The molecule has 0 saturated carbocycles. The first-order valence-electron chi connectivity index (χ1n) is 11.3. The Morgan fingerprint density at radius 2 is 1.26 bits per heavy atom. The Morgan fingerprint density at radius 3 is 1.60 bits per heavy atom. The number of amides is 2. The van der Waals surface area contributed by atoms with Crippen LogP contribution in [0, 0.1) is 11.8 Å². The van der Waals surface area contributed by atoms with Gasteiger partial charge in [-0.05, 0) is 48.9 Å². The number of ether oxygens (including phenoxy) is 1. The molecule has 0 radical (unpaired) electrons. The van der Waals surface area contributed by atoms with Crippen LogP contribution in [-0.4, -0.2) is 58.0 Å². The molecule has 0 aliphatic rings. The molecule has 2 heterocycles. The molecular weight excluding hydrogens is 452 g/mol. The summed E-state index contributed by atoms with van der Waals surface area (Å²) >= 11 is 0. The molecule has 2 aromatic heterocycles. The zero-order valence-corrected chi connectivity index (χ0v) is 20.7. The van der Waals surface area contributed by atoms with E-state index in [1.807, 2.05) is 27.7 Å². The van der Waals surface area contributed by atoms with Gasteiger partial charge in [0.1, 0.15) is 12.1 Å². The second-order valence-corrected chi connectivity index (χ2v) is 8.66.